The normalized spacial score (nSPS) is 14.4. The van der Waals surface area contributed by atoms with E-state index in [1.807, 2.05) is 13.8 Å². The molecular weight excluding hydrogens is 292 g/mol. The Bertz CT molecular complexity index is 490. The maximum atomic E-state index is 11.7. The zero-order valence-electron chi connectivity index (χ0n) is 12.9. The Morgan fingerprint density at radius 3 is 2.38 bits per heavy atom. The van der Waals surface area contributed by atoms with E-state index in [9.17, 15) is 9.90 Å². The summed E-state index contributed by atoms with van der Waals surface area (Å²) >= 11 is 6.06. The lowest BCUT2D eigenvalue weighted by Gasteiger charge is -2.26. The van der Waals surface area contributed by atoms with E-state index in [1.54, 1.807) is 38.3 Å². The Kier molecular flexibility index (Phi) is 6.01. The van der Waals surface area contributed by atoms with E-state index in [-0.39, 0.29) is 12.6 Å². The summed E-state index contributed by atoms with van der Waals surface area (Å²) in [7, 11) is 1.59. The van der Waals surface area contributed by atoms with Gasteiger partial charge in [0.05, 0.1) is 12.1 Å². The van der Waals surface area contributed by atoms with Crippen molar-refractivity contribution in [3.8, 4) is 0 Å². The number of urea groups is 1. The van der Waals surface area contributed by atoms with Crippen molar-refractivity contribution in [1.82, 2.24) is 10.6 Å². The van der Waals surface area contributed by atoms with Gasteiger partial charge in [-0.1, -0.05) is 29.8 Å². The van der Waals surface area contributed by atoms with Crippen molar-refractivity contribution in [2.45, 2.75) is 32.0 Å². The summed E-state index contributed by atoms with van der Waals surface area (Å²) < 4.78 is 5.21. The summed E-state index contributed by atoms with van der Waals surface area (Å²) in [6.07, 6.45) is 0. The van der Waals surface area contributed by atoms with Crippen LogP contribution in [-0.2, 0) is 10.3 Å². The van der Waals surface area contributed by atoms with Gasteiger partial charge in [0.1, 0.15) is 5.60 Å². The summed E-state index contributed by atoms with van der Waals surface area (Å²) in [5.41, 5.74) is -1.11. The van der Waals surface area contributed by atoms with Gasteiger partial charge < -0.3 is 20.5 Å². The summed E-state index contributed by atoms with van der Waals surface area (Å²) in [6.45, 7) is 5.76. The summed E-state index contributed by atoms with van der Waals surface area (Å²) in [4.78, 5) is 11.7. The molecule has 1 aromatic carbocycles. The molecule has 0 fully saturated rings. The van der Waals surface area contributed by atoms with E-state index < -0.39 is 11.2 Å². The van der Waals surface area contributed by atoms with Crippen LogP contribution in [0.3, 0.4) is 0 Å². The average Bonchev–Trinajstić information content (AvgIpc) is 2.43. The molecule has 6 heteroatoms. The standard InChI is InChI=1S/C15H23ClN2O3/c1-14(2,21-4)9-17-13(19)18-10-15(3,20)11-7-5-6-8-12(11)16/h5-8,20H,9-10H2,1-4H3,(H2,17,18,19). The number of carbonyl (C=O) groups is 1. The van der Waals surface area contributed by atoms with Crippen molar-refractivity contribution in [3.05, 3.63) is 34.9 Å². The van der Waals surface area contributed by atoms with E-state index in [4.69, 9.17) is 16.3 Å². The number of aliphatic hydroxyl groups is 1. The molecule has 2 amide bonds. The van der Waals surface area contributed by atoms with Crippen LogP contribution in [0.4, 0.5) is 4.79 Å². The van der Waals surface area contributed by atoms with Crippen molar-refractivity contribution in [2.24, 2.45) is 0 Å². The van der Waals surface area contributed by atoms with Crippen LogP contribution in [0.25, 0.3) is 0 Å². The van der Waals surface area contributed by atoms with Crippen molar-refractivity contribution in [2.75, 3.05) is 20.2 Å². The monoisotopic (exact) mass is 314 g/mol. The van der Waals surface area contributed by atoms with E-state index in [1.165, 1.54) is 0 Å². The molecular formula is C15H23ClN2O3. The molecule has 1 atom stereocenters. The van der Waals surface area contributed by atoms with Crippen molar-refractivity contribution in [3.63, 3.8) is 0 Å². The smallest absolute Gasteiger partial charge is 0.315 e. The first kappa shape index (κ1) is 17.8. The molecule has 5 nitrogen and oxygen atoms in total. The van der Waals surface area contributed by atoms with Crippen LogP contribution in [0, 0.1) is 0 Å². The van der Waals surface area contributed by atoms with E-state index in [2.05, 4.69) is 10.6 Å². The lowest BCUT2D eigenvalue weighted by molar-refractivity contribution is 0.0248. The summed E-state index contributed by atoms with van der Waals surface area (Å²) in [5, 5.41) is 16.2. The van der Waals surface area contributed by atoms with Gasteiger partial charge >= 0.3 is 6.03 Å². The fourth-order valence-corrected chi connectivity index (χ4v) is 2.01. The van der Waals surface area contributed by atoms with Gasteiger partial charge in [-0.15, -0.1) is 0 Å². The Labute approximate surface area is 130 Å². The van der Waals surface area contributed by atoms with E-state index >= 15 is 0 Å². The molecule has 0 radical (unpaired) electrons. The second kappa shape index (κ2) is 7.11. The predicted molar refractivity (Wildman–Crippen MR) is 83.5 cm³/mol. The van der Waals surface area contributed by atoms with Crippen LogP contribution in [0.5, 0.6) is 0 Å². The molecule has 3 N–H and O–H groups in total. The fourth-order valence-electron chi connectivity index (χ4n) is 1.67. The summed E-state index contributed by atoms with van der Waals surface area (Å²) in [5.74, 6) is 0. The van der Waals surface area contributed by atoms with Gasteiger partial charge in [-0.25, -0.2) is 4.79 Å². The second-order valence-corrected chi connectivity index (χ2v) is 6.16. The highest BCUT2D eigenvalue weighted by Gasteiger charge is 2.26. The van der Waals surface area contributed by atoms with Gasteiger partial charge in [0.15, 0.2) is 0 Å². The van der Waals surface area contributed by atoms with Crippen LogP contribution < -0.4 is 10.6 Å². The molecule has 21 heavy (non-hydrogen) atoms. The number of ether oxygens (including phenoxy) is 1. The Balaban J connectivity index is 2.54. The Morgan fingerprint density at radius 2 is 1.81 bits per heavy atom. The van der Waals surface area contributed by atoms with E-state index in [0.717, 1.165) is 0 Å². The lowest BCUT2D eigenvalue weighted by Crippen LogP contribution is -2.47. The topological polar surface area (TPSA) is 70.6 Å². The number of rotatable bonds is 6. The summed E-state index contributed by atoms with van der Waals surface area (Å²) in [6, 6.07) is 6.64. The van der Waals surface area contributed by atoms with Gasteiger partial charge in [0.25, 0.3) is 0 Å². The predicted octanol–water partition coefficient (Wildman–Crippen LogP) is 2.27. The first-order valence-electron chi connectivity index (χ1n) is 6.72. The molecule has 1 aromatic rings. The quantitative estimate of drug-likeness (QED) is 0.754. The minimum Gasteiger partial charge on any atom is -0.384 e. The number of amides is 2. The first-order valence-corrected chi connectivity index (χ1v) is 7.10. The molecule has 0 saturated carbocycles. The molecule has 1 unspecified atom stereocenters. The molecule has 0 aliphatic rings. The number of hydrogen-bond donors (Lipinski definition) is 3. The van der Waals surface area contributed by atoms with Crippen LogP contribution in [0.15, 0.2) is 24.3 Å². The number of hydrogen-bond acceptors (Lipinski definition) is 3. The van der Waals surface area contributed by atoms with E-state index in [0.29, 0.717) is 17.1 Å². The number of nitrogens with one attached hydrogen (secondary N) is 2. The molecule has 0 aliphatic carbocycles. The molecule has 0 spiro atoms. The van der Waals surface area contributed by atoms with Gasteiger partial charge in [0.2, 0.25) is 0 Å². The molecule has 0 heterocycles. The van der Waals surface area contributed by atoms with Gasteiger partial charge in [-0.3, -0.25) is 0 Å². The van der Waals surface area contributed by atoms with Crippen LogP contribution in [-0.4, -0.2) is 36.9 Å². The zero-order valence-corrected chi connectivity index (χ0v) is 13.6. The third-order valence-electron chi connectivity index (χ3n) is 3.27. The Hall–Kier alpha value is -1.30. The minimum atomic E-state index is -1.24. The van der Waals surface area contributed by atoms with Crippen molar-refractivity contribution in [1.29, 1.82) is 0 Å². The van der Waals surface area contributed by atoms with Crippen molar-refractivity contribution >= 4 is 17.6 Å². The molecule has 0 aliphatic heterocycles. The van der Waals surface area contributed by atoms with Crippen molar-refractivity contribution < 1.29 is 14.6 Å². The first-order chi connectivity index (χ1) is 9.68. The zero-order chi connectivity index (χ0) is 16.1. The minimum absolute atomic E-state index is 0.0516. The third kappa shape index (κ3) is 5.53. The number of carbonyl (C=O) groups excluding carboxylic acids is 1. The van der Waals surface area contributed by atoms with Crippen LogP contribution >= 0.6 is 11.6 Å². The Morgan fingerprint density at radius 1 is 1.24 bits per heavy atom. The molecule has 0 saturated heterocycles. The van der Waals surface area contributed by atoms with Gasteiger partial charge in [-0.05, 0) is 26.8 Å². The molecule has 0 aromatic heterocycles. The van der Waals surface area contributed by atoms with Gasteiger partial charge in [-0.2, -0.15) is 0 Å². The number of benzene rings is 1. The molecule has 0 bridgehead atoms. The SMILES string of the molecule is COC(C)(C)CNC(=O)NCC(C)(O)c1ccccc1Cl. The third-order valence-corrected chi connectivity index (χ3v) is 3.60. The number of methoxy groups -OCH3 is 1. The molecule has 1 rings (SSSR count). The highest BCUT2D eigenvalue weighted by Crippen LogP contribution is 2.27. The molecule has 118 valence electrons. The maximum absolute atomic E-state index is 11.7. The van der Waals surface area contributed by atoms with Crippen LogP contribution in [0.2, 0.25) is 5.02 Å². The van der Waals surface area contributed by atoms with Gasteiger partial charge in [0, 0.05) is 24.2 Å². The second-order valence-electron chi connectivity index (χ2n) is 5.75. The maximum Gasteiger partial charge on any atom is 0.315 e. The van der Waals surface area contributed by atoms with Crippen LogP contribution in [0.1, 0.15) is 26.3 Å². The highest BCUT2D eigenvalue weighted by molar-refractivity contribution is 6.31. The average molecular weight is 315 g/mol. The highest BCUT2D eigenvalue weighted by atomic mass is 35.5. The lowest BCUT2D eigenvalue weighted by atomic mass is 9.96. The number of halogens is 1. The largest absolute Gasteiger partial charge is 0.384 e. The fraction of sp³-hybridized carbons (Fsp3) is 0.533.